The SMILES string of the molecule is C#Cc1cccc(-c2cccc(-c3cccc(CC)c3CC)c2-c2cc(-c3ccc4c(c3)c3cc(-c5ccc(N(c6ccc(-c7ccccc7)cc6)c6ccc7c(c6)C(C)(C)c6ccccc6-7)cc5)ccc3n4-c3ccccc3)cc(-c3cccc(CC)c3CC)c2)c1CC. The van der Waals surface area contributed by atoms with Crippen molar-refractivity contribution in [3.05, 3.63) is 324 Å². The van der Waals surface area contributed by atoms with Gasteiger partial charge < -0.3 is 9.47 Å². The maximum atomic E-state index is 6.32. The maximum absolute atomic E-state index is 6.32. The molecule has 15 rings (SSSR count). The Morgan fingerprint density at radius 2 is 0.779 bits per heavy atom. The standard InChI is InChI=1S/C93H78N2/c1-9-61-29-23-35-79(76(61)12-4)70-55-69(56-71(57-70)92-84(80-36-24-30-62(10-2)77(80)13-5)38-26-39-85(92)81-37-25-31-63(11-3)78(81)14-6)68-46-54-91-87(59-68)86-58-67(45-53-90(86)95(91)72-32-19-16-20-33-72)66-43-49-74(50-44-66)94(73-47-41-65(42-48-73)64-27-17-15-18-28-64)75-51-52-83-82-34-21-22-40-88(82)93(7,8)89(83)60-75/h2,15-60H,9,11-14H2,1,3-8H3. The molecule has 2 nitrogen and oxygen atoms in total. The quantitative estimate of drug-likeness (QED) is 0.0876. The number of anilines is 3. The molecule has 1 aliphatic rings. The molecule has 14 aromatic rings. The fourth-order valence-corrected chi connectivity index (χ4v) is 15.8. The van der Waals surface area contributed by atoms with E-state index in [0.717, 1.165) is 88.1 Å². The molecule has 1 heterocycles. The average molecular weight is 1220 g/mol. The van der Waals surface area contributed by atoms with Crippen LogP contribution in [-0.4, -0.2) is 4.57 Å². The summed E-state index contributed by atoms with van der Waals surface area (Å²) in [5.41, 5.74) is 36.5. The minimum Gasteiger partial charge on any atom is -0.310 e. The van der Waals surface area contributed by atoms with Crippen LogP contribution in [0.5, 0.6) is 0 Å². The minimum absolute atomic E-state index is 0.142. The van der Waals surface area contributed by atoms with Crippen LogP contribution in [0, 0.1) is 12.3 Å². The topological polar surface area (TPSA) is 8.17 Å². The van der Waals surface area contributed by atoms with E-state index < -0.39 is 0 Å². The molecule has 0 saturated carbocycles. The summed E-state index contributed by atoms with van der Waals surface area (Å²) in [7, 11) is 0. The molecule has 95 heavy (non-hydrogen) atoms. The van der Waals surface area contributed by atoms with Gasteiger partial charge in [-0.15, -0.1) is 6.42 Å². The van der Waals surface area contributed by atoms with Crippen molar-refractivity contribution in [1.29, 1.82) is 0 Å². The van der Waals surface area contributed by atoms with Crippen molar-refractivity contribution >= 4 is 38.9 Å². The zero-order chi connectivity index (χ0) is 64.9. The van der Waals surface area contributed by atoms with Crippen LogP contribution >= 0.6 is 0 Å². The number of terminal acetylenes is 1. The molecule has 0 N–H and O–H groups in total. The third-order valence-electron chi connectivity index (χ3n) is 20.5. The molecule has 0 fully saturated rings. The summed E-state index contributed by atoms with van der Waals surface area (Å²) in [5, 5.41) is 2.40. The highest BCUT2D eigenvalue weighted by molar-refractivity contribution is 6.12. The molecule has 0 unspecified atom stereocenters. The summed E-state index contributed by atoms with van der Waals surface area (Å²) in [6, 6.07) is 105. The predicted octanol–water partition coefficient (Wildman–Crippen LogP) is 25.0. The Hall–Kier alpha value is -11.0. The van der Waals surface area contributed by atoms with Gasteiger partial charge in [-0.2, -0.15) is 0 Å². The van der Waals surface area contributed by atoms with Crippen LogP contribution in [0.3, 0.4) is 0 Å². The Bertz CT molecular complexity index is 5280. The van der Waals surface area contributed by atoms with E-state index >= 15 is 0 Å². The molecule has 2 heteroatoms. The monoisotopic (exact) mass is 1220 g/mol. The van der Waals surface area contributed by atoms with Crippen molar-refractivity contribution < 1.29 is 0 Å². The first-order valence-electron chi connectivity index (χ1n) is 34.1. The first-order chi connectivity index (χ1) is 46.6. The molecular weight excluding hydrogens is 1150 g/mol. The molecular formula is C93H78N2. The number of nitrogens with zero attached hydrogens (tertiary/aromatic N) is 2. The van der Waals surface area contributed by atoms with Gasteiger partial charge in [0, 0.05) is 44.5 Å². The molecule has 13 aromatic carbocycles. The lowest BCUT2D eigenvalue weighted by Crippen LogP contribution is -2.16. The third kappa shape index (κ3) is 10.6. The van der Waals surface area contributed by atoms with Gasteiger partial charge >= 0.3 is 0 Å². The predicted molar refractivity (Wildman–Crippen MR) is 406 cm³/mol. The van der Waals surface area contributed by atoms with Gasteiger partial charge in [0.15, 0.2) is 0 Å². The molecule has 0 amide bonds. The summed E-state index contributed by atoms with van der Waals surface area (Å²) < 4.78 is 2.44. The number of aryl methyl sites for hydroxylation is 2. The van der Waals surface area contributed by atoms with Crippen molar-refractivity contribution in [2.24, 2.45) is 0 Å². The smallest absolute Gasteiger partial charge is 0.0541 e. The Labute approximate surface area is 561 Å². The molecule has 0 aliphatic heterocycles. The molecule has 460 valence electrons. The normalized spacial score (nSPS) is 12.2. The number of hydrogen-bond acceptors (Lipinski definition) is 1. The molecule has 1 aliphatic carbocycles. The van der Waals surface area contributed by atoms with Crippen LogP contribution in [0.25, 0.3) is 117 Å². The number of para-hydroxylation sites is 1. The Balaban J connectivity index is 0.906. The van der Waals surface area contributed by atoms with Gasteiger partial charge in [-0.3, -0.25) is 0 Å². The average Bonchev–Trinajstić information content (AvgIpc) is 1.66. The van der Waals surface area contributed by atoms with Gasteiger partial charge in [-0.1, -0.05) is 236 Å². The van der Waals surface area contributed by atoms with Gasteiger partial charge in [0.2, 0.25) is 0 Å². The van der Waals surface area contributed by atoms with E-state index in [2.05, 4.69) is 343 Å². The van der Waals surface area contributed by atoms with Crippen molar-refractivity contribution in [2.45, 2.75) is 86.0 Å². The number of hydrogen-bond donors (Lipinski definition) is 0. The second-order valence-electron chi connectivity index (χ2n) is 26.0. The number of rotatable bonds is 16. The number of aromatic nitrogens is 1. The van der Waals surface area contributed by atoms with E-state index in [0.29, 0.717) is 0 Å². The van der Waals surface area contributed by atoms with Crippen LogP contribution in [0.15, 0.2) is 279 Å². The lowest BCUT2D eigenvalue weighted by molar-refractivity contribution is 0.660. The summed E-state index contributed by atoms with van der Waals surface area (Å²) in [4.78, 5) is 2.42. The third-order valence-corrected chi connectivity index (χ3v) is 20.5. The number of fused-ring (bicyclic) bond motifs is 6. The highest BCUT2D eigenvalue weighted by Crippen LogP contribution is 2.52. The molecule has 0 radical (unpaired) electrons. The lowest BCUT2D eigenvalue weighted by atomic mass is 9.81. The van der Waals surface area contributed by atoms with Gasteiger partial charge in [-0.25, -0.2) is 0 Å². The van der Waals surface area contributed by atoms with Crippen LogP contribution in [0.4, 0.5) is 17.1 Å². The first-order valence-corrected chi connectivity index (χ1v) is 34.1. The second-order valence-corrected chi connectivity index (χ2v) is 26.0. The molecule has 0 spiro atoms. The fourth-order valence-electron chi connectivity index (χ4n) is 15.8. The van der Waals surface area contributed by atoms with Crippen molar-refractivity contribution in [2.75, 3.05) is 4.90 Å². The van der Waals surface area contributed by atoms with Crippen molar-refractivity contribution in [3.8, 4) is 107 Å². The summed E-state index contributed by atoms with van der Waals surface area (Å²) >= 11 is 0. The summed E-state index contributed by atoms with van der Waals surface area (Å²) in [6.07, 6.45) is 10.9. The zero-order valence-electron chi connectivity index (χ0n) is 55.6. The van der Waals surface area contributed by atoms with E-state index in [9.17, 15) is 0 Å². The highest BCUT2D eigenvalue weighted by atomic mass is 15.1. The van der Waals surface area contributed by atoms with E-state index in [-0.39, 0.29) is 5.41 Å². The number of benzene rings is 13. The highest BCUT2D eigenvalue weighted by Gasteiger charge is 2.36. The lowest BCUT2D eigenvalue weighted by Gasteiger charge is -2.28. The largest absolute Gasteiger partial charge is 0.310 e. The van der Waals surface area contributed by atoms with Crippen molar-refractivity contribution in [3.63, 3.8) is 0 Å². The maximum Gasteiger partial charge on any atom is 0.0541 e. The molecule has 0 atom stereocenters. The van der Waals surface area contributed by atoms with Crippen molar-refractivity contribution in [1.82, 2.24) is 4.57 Å². The van der Waals surface area contributed by atoms with Crippen LogP contribution in [-0.2, 0) is 37.5 Å². The second kappa shape index (κ2) is 25.1. The Morgan fingerprint density at radius 1 is 0.326 bits per heavy atom. The molecule has 1 aromatic heterocycles. The van der Waals surface area contributed by atoms with Gasteiger partial charge in [0.25, 0.3) is 0 Å². The minimum atomic E-state index is -0.142. The first kappa shape index (κ1) is 60.3. The van der Waals surface area contributed by atoms with Gasteiger partial charge in [-0.05, 0) is 257 Å². The summed E-state index contributed by atoms with van der Waals surface area (Å²) in [6.45, 7) is 16.1. The van der Waals surface area contributed by atoms with E-state index in [1.807, 2.05) is 0 Å². The Kier molecular flexibility index (Phi) is 16.0. The van der Waals surface area contributed by atoms with Crippen LogP contribution in [0.1, 0.15) is 93.0 Å². The van der Waals surface area contributed by atoms with Gasteiger partial charge in [0.1, 0.15) is 0 Å². The Morgan fingerprint density at radius 3 is 1.39 bits per heavy atom. The zero-order valence-corrected chi connectivity index (χ0v) is 55.6. The molecule has 0 bridgehead atoms. The van der Waals surface area contributed by atoms with E-state index in [1.54, 1.807) is 0 Å². The van der Waals surface area contributed by atoms with E-state index in [4.69, 9.17) is 6.42 Å². The van der Waals surface area contributed by atoms with Crippen LogP contribution < -0.4 is 4.90 Å². The summed E-state index contributed by atoms with van der Waals surface area (Å²) in [5.74, 6) is 3.06. The van der Waals surface area contributed by atoms with E-state index in [1.165, 1.54) is 122 Å². The van der Waals surface area contributed by atoms with Crippen LogP contribution in [0.2, 0.25) is 0 Å². The van der Waals surface area contributed by atoms with Gasteiger partial charge in [0.05, 0.1) is 11.0 Å². The molecule has 0 saturated heterocycles. The fraction of sp³-hybridized carbons (Fsp3) is 0.140.